The zero-order valence-electron chi connectivity index (χ0n) is 10.4. The van der Waals surface area contributed by atoms with E-state index in [1.165, 1.54) is 12.1 Å². The van der Waals surface area contributed by atoms with Crippen LogP contribution in [0.3, 0.4) is 0 Å². The largest absolute Gasteiger partial charge is 0.207 e. The molecule has 0 aliphatic rings. The first-order chi connectivity index (χ1) is 9.74. The maximum atomic E-state index is 13.1. The topological polar surface area (TPSA) is 25.8 Å². The fraction of sp³-hybridized carbons (Fsp3) is 0.0667. The van der Waals surface area contributed by atoms with Crippen LogP contribution in [0.15, 0.2) is 58.2 Å². The van der Waals surface area contributed by atoms with E-state index in [1.54, 1.807) is 24.0 Å². The van der Waals surface area contributed by atoms with Crippen molar-refractivity contribution in [2.75, 3.05) is 0 Å². The SMILES string of the molecule is Fc1ccc(CSc2nncc3ccccc23)c(Br)c1. The van der Waals surface area contributed by atoms with Crippen LogP contribution in [-0.2, 0) is 5.75 Å². The summed E-state index contributed by atoms with van der Waals surface area (Å²) in [5.41, 5.74) is 1.03. The average Bonchev–Trinajstić information content (AvgIpc) is 2.46. The predicted molar refractivity (Wildman–Crippen MR) is 83.2 cm³/mol. The van der Waals surface area contributed by atoms with E-state index in [9.17, 15) is 4.39 Å². The molecule has 0 amide bonds. The highest BCUT2D eigenvalue weighted by molar-refractivity contribution is 9.10. The average molecular weight is 349 g/mol. The van der Waals surface area contributed by atoms with Crippen LogP contribution >= 0.6 is 27.7 Å². The van der Waals surface area contributed by atoms with E-state index >= 15 is 0 Å². The smallest absolute Gasteiger partial charge is 0.127 e. The second kappa shape index (κ2) is 5.89. The van der Waals surface area contributed by atoms with Crippen molar-refractivity contribution >= 4 is 38.5 Å². The maximum absolute atomic E-state index is 13.1. The Balaban J connectivity index is 1.87. The van der Waals surface area contributed by atoms with E-state index < -0.39 is 0 Å². The van der Waals surface area contributed by atoms with Gasteiger partial charge in [-0.05, 0) is 17.7 Å². The number of hydrogen-bond acceptors (Lipinski definition) is 3. The van der Waals surface area contributed by atoms with E-state index in [1.807, 2.05) is 24.3 Å². The van der Waals surface area contributed by atoms with E-state index in [4.69, 9.17) is 0 Å². The highest BCUT2D eigenvalue weighted by Gasteiger charge is 2.07. The van der Waals surface area contributed by atoms with Crippen LogP contribution in [0.25, 0.3) is 10.8 Å². The van der Waals surface area contributed by atoms with Crippen molar-refractivity contribution in [1.82, 2.24) is 10.2 Å². The van der Waals surface area contributed by atoms with Gasteiger partial charge in [0.1, 0.15) is 10.8 Å². The summed E-state index contributed by atoms with van der Waals surface area (Å²) in [5.74, 6) is 0.472. The second-order valence-electron chi connectivity index (χ2n) is 4.26. The number of hydrogen-bond donors (Lipinski definition) is 0. The van der Waals surface area contributed by atoms with Crippen LogP contribution < -0.4 is 0 Å². The van der Waals surface area contributed by atoms with Gasteiger partial charge in [-0.25, -0.2) is 4.39 Å². The first kappa shape index (κ1) is 13.5. The van der Waals surface area contributed by atoms with Crippen molar-refractivity contribution in [2.45, 2.75) is 10.8 Å². The fourth-order valence-electron chi connectivity index (χ4n) is 1.89. The molecule has 3 rings (SSSR count). The minimum Gasteiger partial charge on any atom is -0.207 e. The molecule has 0 aliphatic heterocycles. The number of benzene rings is 2. The Hall–Kier alpha value is -1.46. The van der Waals surface area contributed by atoms with Crippen molar-refractivity contribution in [3.63, 3.8) is 0 Å². The highest BCUT2D eigenvalue weighted by atomic mass is 79.9. The quantitative estimate of drug-likeness (QED) is 0.634. The first-order valence-electron chi connectivity index (χ1n) is 6.01. The molecule has 1 heterocycles. The van der Waals surface area contributed by atoms with Gasteiger partial charge in [0.15, 0.2) is 0 Å². The van der Waals surface area contributed by atoms with E-state index in [0.717, 1.165) is 25.8 Å². The van der Waals surface area contributed by atoms with Crippen molar-refractivity contribution in [1.29, 1.82) is 0 Å². The lowest BCUT2D eigenvalue weighted by molar-refractivity contribution is 0.626. The molecule has 2 nitrogen and oxygen atoms in total. The fourth-order valence-corrected chi connectivity index (χ4v) is 3.56. The second-order valence-corrected chi connectivity index (χ2v) is 6.08. The molecule has 2 aromatic carbocycles. The minimum atomic E-state index is -0.240. The lowest BCUT2D eigenvalue weighted by atomic mass is 10.2. The third-order valence-electron chi connectivity index (χ3n) is 2.92. The molecule has 0 bridgehead atoms. The highest BCUT2D eigenvalue weighted by Crippen LogP contribution is 2.30. The molecule has 0 atom stereocenters. The number of halogens is 2. The Kier molecular flexibility index (Phi) is 3.98. The van der Waals surface area contributed by atoms with Gasteiger partial charge < -0.3 is 0 Å². The van der Waals surface area contributed by atoms with Gasteiger partial charge in [0.2, 0.25) is 0 Å². The van der Waals surface area contributed by atoms with Gasteiger partial charge in [0, 0.05) is 21.0 Å². The molecule has 3 aromatic rings. The van der Waals surface area contributed by atoms with Gasteiger partial charge in [-0.3, -0.25) is 0 Å². The molecular weight excluding hydrogens is 339 g/mol. The molecule has 5 heteroatoms. The minimum absolute atomic E-state index is 0.240. The van der Waals surface area contributed by atoms with E-state index in [2.05, 4.69) is 26.1 Å². The number of rotatable bonds is 3. The van der Waals surface area contributed by atoms with Gasteiger partial charge in [0.05, 0.1) is 6.20 Å². The molecule has 0 aliphatic carbocycles. The predicted octanol–water partition coefficient (Wildman–Crippen LogP) is 4.82. The molecule has 0 saturated carbocycles. The standard InChI is InChI=1S/C15H10BrFN2S/c16-14-7-12(17)6-5-11(14)9-20-15-13-4-2-1-3-10(13)8-18-19-15/h1-8H,9H2. The molecule has 0 spiro atoms. The zero-order chi connectivity index (χ0) is 13.9. The summed E-state index contributed by atoms with van der Waals surface area (Å²) in [5, 5.41) is 11.3. The molecule has 20 heavy (non-hydrogen) atoms. The van der Waals surface area contributed by atoms with Crippen LogP contribution in [0.1, 0.15) is 5.56 Å². The molecular formula is C15H10BrFN2S. The molecule has 0 radical (unpaired) electrons. The third-order valence-corrected chi connectivity index (χ3v) is 4.68. The summed E-state index contributed by atoms with van der Waals surface area (Å²) in [6.45, 7) is 0. The van der Waals surface area contributed by atoms with Gasteiger partial charge in [0.25, 0.3) is 0 Å². The number of nitrogens with zero attached hydrogens (tertiary/aromatic N) is 2. The molecule has 0 fully saturated rings. The molecule has 0 unspecified atom stereocenters. The Morgan fingerprint density at radius 2 is 2.00 bits per heavy atom. The normalized spacial score (nSPS) is 10.9. The van der Waals surface area contributed by atoms with Crippen LogP contribution in [0.5, 0.6) is 0 Å². The maximum Gasteiger partial charge on any atom is 0.127 e. The third kappa shape index (κ3) is 2.83. The van der Waals surface area contributed by atoms with Crippen molar-refractivity contribution in [3.8, 4) is 0 Å². The lowest BCUT2D eigenvalue weighted by Crippen LogP contribution is -1.89. The molecule has 1 aromatic heterocycles. The Morgan fingerprint density at radius 3 is 2.85 bits per heavy atom. The summed E-state index contributed by atoms with van der Waals surface area (Å²) in [6, 6.07) is 12.7. The lowest BCUT2D eigenvalue weighted by Gasteiger charge is -2.06. The van der Waals surface area contributed by atoms with Crippen LogP contribution in [0, 0.1) is 5.82 Å². The van der Waals surface area contributed by atoms with Crippen molar-refractivity contribution < 1.29 is 4.39 Å². The Bertz CT molecular complexity index is 758. The van der Waals surface area contributed by atoms with Gasteiger partial charge in [-0.1, -0.05) is 58.0 Å². The van der Waals surface area contributed by atoms with Crippen LogP contribution in [0.2, 0.25) is 0 Å². The van der Waals surface area contributed by atoms with Crippen molar-refractivity contribution in [2.24, 2.45) is 0 Å². The molecule has 100 valence electrons. The van der Waals surface area contributed by atoms with Crippen LogP contribution in [0.4, 0.5) is 4.39 Å². The monoisotopic (exact) mass is 348 g/mol. The number of fused-ring (bicyclic) bond motifs is 1. The van der Waals surface area contributed by atoms with Gasteiger partial charge in [-0.2, -0.15) is 5.10 Å². The summed E-state index contributed by atoms with van der Waals surface area (Å²) in [7, 11) is 0. The van der Waals surface area contributed by atoms with E-state index in [-0.39, 0.29) is 5.82 Å². The summed E-state index contributed by atoms with van der Waals surface area (Å²) in [4.78, 5) is 0. The van der Waals surface area contributed by atoms with Gasteiger partial charge in [-0.15, -0.1) is 5.10 Å². The Labute approximate surface area is 128 Å². The van der Waals surface area contributed by atoms with Gasteiger partial charge >= 0.3 is 0 Å². The summed E-state index contributed by atoms with van der Waals surface area (Å²) in [6.07, 6.45) is 1.76. The summed E-state index contributed by atoms with van der Waals surface area (Å²) < 4.78 is 13.8. The molecule has 0 N–H and O–H groups in total. The van der Waals surface area contributed by atoms with Crippen molar-refractivity contribution in [3.05, 3.63) is 64.5 Å². The number of thioether (sulfide) groups is 1. The summed E-state index contributed by atoms with van der Waals surface area (Å²) >= 11 is 4.98. The zero-order valence-corrected chi connectivity index (χ0v) is 12.8. The van der Waals surface area contributed by atoms with E-state index in [0.29, 0.717) is 5.75 Å². The first-order valence-corrected chi connectivity index (χ1v) is 7.79. The Morgan fingerprint density at radius 1 is 1.15 bits per heavy atom. The van der Waals surface area contributed by atoms with Crippen LogP contribution in [-0.4, -0.2) is 10.2 Å². The number of aromatic nitrogens is 2. The molecule has 0 saturated heterocycles.